The molecular weight excluding hydrogens is 345 g/mol. The van der Waals surface area contributed by atoms with Crippen LogP contribution in [-0.4, -0.2) is 23.9 Å². The van der Waals surface area contributed by atoms with Gasteiger partial charge in [0.2, 0.25) is 5.91 Å². The van der Waals surface area contributed by atoms with Crippen molar-refractivity contribution in [2.24, 2.45) is 5.73 Å². The fourth-order valence-corrected chi connectivity index (χ4v) is 2.33. The Balaban J connectivity index is 2.34. The smallest absolute Gasteiger partial charge is 0.338 e. The first-order valence-electron chi connectivity index (χ1n) is 7.44. The van der Waals surface area contributed by atoms with Crippen LogP contribution in [0.3, 0.4) is 0 Å². The van der Waals surface area contributed by atoms with E-state index in [4.69, 9.17) is 5.73 Å². The molecule has 0 unspecified atom stereocenters. The maximum Gasteiger partial charge on any atom is 0.338 e. The molecule has 0 atom stereocenters. The summed E-state index contributed by atoms with van der Waals surface area (Å²) in [6.45, 7) is 1.48. The molecule has 0 aliphatic rings. The number of amides is 1. The zero-order valence-electron chi connectivity index (χ0n) is 14.0. The Morgan fingerprint density at radius 3 is 2.54 bits per heavy atom. The van der Waals surface area contributed by atoms with Gasteiger partial charge in [0.05, 0.1) is 17.6 Å². The molecule has 9 heteroatoms. The fraction of sp³-hybridized carbons (Fsp3) is 0.176. The molecule has 0 fully saturated rings. The van der Waals surface area contributed by atoms with Gasteiger partial charge in [-0.1, -0.05) is 0 Å². The number of nitrogens with two attached hydrogens (primary N) is 1. The summed E-state index contributed by atoms with van der Waals surface area (Å²) in [4.78, 5) is 33.4. The molecule has 0 saturated heterocycles. The molecule has 2 aromatic rings. The number of nitro benzene ring substituents is 1. The molecule has 3 N–H and O–H groups in total. The van der Waals surface area contributed by atoms with Gasteiger partial charge in [-0.2, -0.15) is 0 Å². The summed E-state index contributed by atoms with van der Waals surface area (Å²) in [7, 11) is 1.18. The molecule has 0 bridgehead atoms. The minimum atomic E-state index is -0.781. The maximum absolute atomic E-state index is 14.0. The van der Waals surface area contributed by atoms with Crippen LogP contribution >= 0.6 is 0 Å². The number of halogens is 1. The van der Waals surface area contributed by atoms with Gasteiger partial charge in [0, 0.05) is 35.0 Å². The van der Waals surface area contributed by atoms with E-state index in [0.29, 0.717) is 5.69 Å². The number of benzene rings is 2. The lowest BCUT2D eigenvalue weighted by atomic mass is 10.1. The molecule has 26 heavy (non-hydrogen) atoms. The van der Waals surface area contributed by atoms with E-state index in [1.165, 1.54) is 32.2 Å². The van der Waals surface area contributed by atoms with Crippen molar-refractivity contribution in [2.75, 3.05) is 12.4 Å². The van der Waals surface area contributed by atoms with Gasteiger partial charge in [0.15, 0.2) is 0 Å². The van der Waals surface area contributed by atoms with Crippen LogP contribution in [-0.2, 0) is 11.3 Å². The number of carbonyl (C=O) groups is 2. The van der Waals surface area contributed by atoms with Crippen LogP contribution in [0, 0.1) is 22.9 Å². The maximum atomic E-state index is 14.0. The lowest BCUT2D eigenvalue weighted by Crippen LogP contribution is -2.12. The third kappa shape index (κ3) is 3.94. The van der Waals surface area contributed by atoms with E-state index in [9.17, 15) is 24.1 Å². The number of hydrogen-bond donors (Lipinski definition) is 2. The van der Waals surface area contributed by atoms with Gasteiger partial charge in [-0.25, -0.2) is 9.18 Å². The average Bonchev–Trinajstić information content (AvgIpc) is 2.61. The largest absolute Gasteiger partial charge is 0.465 e. The summed E-state index contributed by atoms with van der Waals surface area (Å²) in [5.41, 5.74) is 5.66. The third-order valence-electron chi connectivity index (χ3n) is 3.80. The van der Waals surface area contributed by atoms with Crippen LogP contribution in [0.2, 0.25) is 0 Å². The Morgan fingerprint density at radius 1 is 1.27 bits per heavy atom. The number of esters is 1. The molecule has 0 aliphatic carbocycles. The summed E-state index contributed by atoms with van der Waals surface area (Å²) >= 11 is 0. The average molecular weight is 361 g/mol. The molecule has 1 amide bonds. The molecule has 0 heterocycles. The zero-order valence-corrected chi connectivity index (χ0v) is 14.0. The van der Waals surface area contributed by atoms with Gasteiger partial charge in [-0.05, 0) is 31.2 Å². The van der Waals surface area contributed by atoms with E-state index >= 15 is 0 Å². The highest BCUT2D eigenvalue weighted by atomic mass is 19.1. The van der Waals surface area contributed by atoms with Crippen LogP contribution in [0.15, 0.2) is 30.3 Å². The second-order valence-corrected chi connectivity index (χ2v) is 5.44. The van der Waals surface area contributed by atoms with Gasteiger partial charge in [-0.15, -0.1) is 0 Å². The van der Waals surface area contributed by atoms with Gasteiger partial charge in [-0.3, -0.25) is 14.9 Å². The van der Waals surface area contributed by atoms with Gasteiger partial charge < -0.3 is 15.8 Å². The van der Waals surface area contributed by atoms with Crippen molar-refractivity contribution < 1.29 is 23.6 Å². The lowest BCUT2D eigenvalue weighted by Gasteiger charge is -2.12. The number of carbonyl (C=O) groups excluding carboxylic acids is 2. The monoisotopic (exact) mass is 361 g/mol. The van der Waals surface area contributed by atoms with E-state index in [2.05, 4.69) is 10.1 Å². The standard InChI is InChI=1S/C17H16FN3O5/c1-9-13(18)5-12(17(23)26-2)6-14(9)20-8-11-4-3-10(16(19)22)7-15(11)21(24)25/h3-7,20H,8H2,1-2H3,(H2,19,22). The number of methoxy groups -OCH3 is 1. The number of ether oxygens (including phenoxy) is 1. The quantitative estimate of drug-likeness (QED) is 0.463. The molecule has 2 aromatic carbocycles. The number of anilines is 1. The Labute approximate surface area is 147 Å². The predicted octanol–water partition coefficient (Wildman–Crippen LogP) is 2.54. The van der Waals surface area contributed by atoms with Crippen LogP contribution in [0.5, 0.6) is 0 Å². The van der Waals surface area contributed by atoms with Crippen molar-refractivity contribution in [3.8, 4) is 0 Å². The Bertz CT molecular complexity index is 898. The van der Waals surface area contributed by atoms with Crippen LogP contribution in [0.25, 0.3) is 0 Å². The number of hydrogen-bond acceptors (Lipinski definition) is 6. The summed E-state index contributed by atoms with van der Waals surface area (Å²) in [5.74, 6) is -2.10. The third-order valence-corrected chi connectivity index (χ3v) is 3.80. The molecule has 0 aromatic heterocycles. The fourth-order valence-electron chi connectivity index (χ4n) is 2.33. The first kappa shape index (κ1) is 18.8. The first-order chi connectivity index (χ1) is 12.2. The van der Waals surface area contributed by atoms with E-state index < -0.39 is 22.6 Å². The van der Waals surface area contributed by atoms with Crippen LogP contribution in [0.1, 0.15) is 31.8 Å². The van der Waals surface area contributed by atoms with Crippen molar-refractivity contribution in [3.05, 3.63) is 68.5 Å². The zero-order chi connectivity index (χ0) is 19.4. The topological polar surface area (TPSA) is 125 Å². The minimum absolute atomic E-state index is 0.00960. The van der Waals surface area contributed by atoms with E-state index in [0.717, 1.165) is 12.1 Å². The molecule has 8 nitrogen and oxygen atoms in total. The van der Waals surface area contributed by atoms with Gasteiger partial charge >= 0.3 is 5.97 Å². The van der Waals surface area contributed by atoms with Gasteiger partial charge in [0.25, 0.3) is 5.69 Å². The number of nitro groups is 1. The summed E-state index contributed by atoms with van der Waals surface area (Å²) in [5, 5.41) is 14.1. The molecule has 0 spiro atoms. The molecule has 0 radical (unpaired) electrons. The predicted molar refractivity (Wildman–Crippen MR) is 91.4 cm³/mol. The molecule has 0 aliphatic heterocycles. The second-order valence-electron chi connectivity index (χ2n) is 5.44. The number of rotatable bonds is 6. The SMILES string of the molecule is COC(=O)c1cc(F)c(C)c(NCc2ccc(C(N)=O)cc2[N+](=O)[O-])c1. The Morgan fingerprint density at radius 2 is 1.96 bits per heavy atom. The van der Waals surface area contributed by atoms with Crippen molar-refractivity contribution in [1.29, 1.82) is 0 Å². The first-order valence-corrected chi connectivity index (χ1v) is 7.44. The number of nitrogens with zero attached hydrogens (tertiary/aromatic N) is 1. The van der Waals surface area contributed by atoms with E-state index in [1.807, 2.05) is 0 Å². The highest BCUT2D eigenvalue weighted by Crippen LogP contribution is 2.25. The van der Waals surface area contributed by atoms with Crippen LogP contribution in [0.4, 0.5) is 15.8 Å². The summed E-state index contributed by atoms with van der Waals surface area (Å²) in [6.07, 6.45) is 0. The van der Waals surface area contributed by atoms with E-state index in [1.54, 1.807) is 0 Å². The van der Waals surface area contributed by atoms with Gasteiger partial charge in [0.1, 0.15) is 5.82 Å². The Kier molecular flexibility index (Phi) is 5.51. The molecule has 2 rings (SSSR count). The van der Waals surface area contributed by atoms with Crippen LogP contribution < -0.4 is 11.1 Å². The Hall–Kier alpha value is -3.49. The van der Waals surface area contributed by atoms with E-state index in [-0.39, 0.29) is 34.5 Å². The van der Waals surface area contributed by atoms with Crippen molar-refractivity contribution in [3.63, 3.8) is 0 Å². The highest BCUT2D eigenvalue weighted by molar-refractivity contribution is 5.93. The summed E-state index contributed by atoms with van der Waals surface area (Å²) in [6, 6.07) is 6.29. The van der Waals surface area contributed by atoms with Crippen molar-refractivity contribution >= 4 is 23.3 Å². The normalized spacial score (nSPS) is 10.3. The highest BCUT2D eigenvalue weighted by Gasteiger charge is 2.18. The van der Waals surface area contributed by atoms with Crippen molar-refractivity contribution in [1.82, 2.24) is 0 Å². The molecular formula is C17H16FN3O5. The number of nitrogens with one attached hydrogen (secondary N) is 1. The lowest BCUT2D eigenvalue weighted by molar-refractivity contribution is -0.385. The number of primary amides is 1. The molecule has 0 saturated carbocycles. The second kappa shape index (κ2) is 7.60. The minimum Gasteiger partial charge on any atom is -0.465 e. The summed E-state index contributed by atoms with van der Waals surface area (Å²) < 4.78 is 18.6. The van der Waals surface area contributed by atoms with Crippen molar-refractivity contribution in [2.45, 2.75) is 13.5 Å². The molecule has 136 valence electrons.